The predicted molar refractivity (Wildman–Crippen MR) is 181 cm³/mol. The standard InChI is InChI=1S/C35H37Cl2N3O4S/c1-4-26(3)38-35(42)33(21-27-14-7-5-8-15-27)39(23-28-19-20-29(36)22-31(28)37)34(41)24-40(32-18-12-11-13-25(32)2)45(43,44)30-16-9-6-10-17-30/h5-20,22,26,33H,4,21,23-24H2,1-3H3,(H,38,42)/t26-,33-/m0/s1. The van der Waals surface area contributed by atoms with E-state index >= 15 is 0 Å². The van der Waals surface area contributed by atoms with Crippen LogP contribution in [0.25, 0.3) is 0 Å². The fraction of sp³-hybridized carbons (Fsp3) is 0.257. The van der Waals surface area contributed by atoms with Crippen molar-refractivity contribution in [2.75, 3.05) is 10.8 Å². The molecule has 0 unspecified atom stereocenters. The molecule has 0 aromatic heterocycles. The van der Waals surface area contributed by atoms with E-state index in [1.807, 2.05) is 44.2 Å². The summed E-state index contributed by atoms with van der Waals surface area (Å²) in [6.45, 7) is 5.05. The van der Waals surface area contributed by atoms with Gasteiger partial charge in [0.25, 0.3) is 10.0 Å². The van der Waals surface area contributed by atoms with E-state index < -0.39 is 28.5 Å². The molecule has 4 aromatic rings. The van der Waals surface area contributed by atoms with Crippen LogP contribution in [0.1, 0.15) is 37.0 Å². The van der Waals surface area contributed by atoms with E-state index in [0.717, 1.165) is 9.87 Å². The Hall–Kier alpha value is -3.85. The Labute approximate surface area is 275 Å². The number of nitrogens with one attached hydrogen (secondary N) is 1. The van der Waals surface area contributed by atoms with Crippen LogP contribution >= 0.6 is 23.2 Å². The molecular weight excluding hydrogens is 629 g/mol. The van der Waals surface area contributed by atoms with Crippen molar-refractivity contribution >= 4 is 50.7 Å². The lowest BCUT2D eigenvalue weighted by Crippen LogP contribution is -2.54. The molecule has 0 saturated carbocycles. The van der Waals surface area contributed by atoms with Gasteiger partial charge in [-0.1, -0.05) is 103 Å². The van der Waals surface area contributed by atoms with Crippen molar-refractivity contribution < 1.29 is 18.0 Å². The summed E-state index contributed by atoms with van der Waals surface area (Å²) < 4.78 is 29.3. The third kappa shape index (κ3) is 8.66. The molecule has 45 heavy (non-hydrogen) atoms. The summed E-state index contributed by atoms with van der Waals surface area (Å²) >= 11 is 12.7. The molecule has 0 aliphatic heterocycles. The van der Waals surface area contributed by atoms with Gasteiger partial charge < -0.3 is 10.2 Å². The van der Waals surface area contributed by atoms with E-state index in [1.165, 1.54) is 17.0 Å². The lowest BCUT2D eigenvalue weighted by atomic mass is 10.0. The van der Waals surface area contributed by atoms with Crippen LogP contribution in [-0.2, 0) is 32.6 Å². The number of para-hydroxylation sites is 1. The number of benzene rings is 4. The van der Waals surface area contributed by atoms with Crippen LogP contribution in [0.2, 0.25) is 10.0 Å². The molecule has 10 heteroatoms. The number of amides is 2. The summed E-state index contributed by atoms with van der Waals surface area (Å²) in [6, 6.07) is 28.2. The number of hydrogen-bond acceptors (Lipinski definition) is 4. The number of rotatable bonds is 13. The Kier molecular flexibility index (Phi) is 11.7. The Morgan fingerprint density at radius 1 is 0.867 bits per heavy atom. The first-order valence-corrected chi connectivity index (χ1v) is 16.9. The quantitative estimate of drug-likeness (QED) is 0.166. The summed E-state index contributed by atoms with van der Waals surface area (Å²) in [5.74, 6) is -0.913. The molecule has 1 N–H and O–H groups in total. The molecule has 0 aliphatic rings. The monoisotopic (exact) mass is 665 g/mol. The minimum Gasteiger partial charge on any atom is -0.352 e. The Bertz CT molecular complexity index is 1720. The fourth-order valence-electron chi connectivity index (χ4n) is 4.90. The first-order valence-electron chi connectivity index (χ1n) is 14.7. The van der Waals surface area contributed by atoms with Gasteiger partial charge in [-0.15, -0.1) is 0 Å². The van der Waals surface area contributed by atoms with Crippen LogP contribution in [0.4, 0.5) is 5.69 Å². The zero-order chi connectivity index (χ0) is 32.6. The third-order valence-corrected chi connectivity index (χ3v) is 9.98. The molecule has 2 amide bonds. The summed E-state index contributed by atoms with van der Waals surface area (Å²) in [5, 5.41) is 3.78. The summed E-state index contributed by atoms with van der Waals surface area (Å²) in [7, 11) is -4.18. The smallest absolute Gasteiger partial charge is 0.264 e. The van der Waals surface area contributed by atoms with Gasteiger partial charge in [0.05, 0.1) is 10.6 Å². The fourth-order valence-corrected chi connectivity index (χ4v) is 6.87. The van der Waals surface area contributed by atoms with E-state index in [4.69, 9.17) is 23.2 Å². The number of hydrogen-bond donors (Lipinski definition) is 1. The van der Waals surface area contributed by atoms with Crippen molar-refractivity contribution in [3.8, 4) is 0 Å². The zero-order valence-electron chi connectivity index (χ0n) is 25.5. The van der Waals surface area contributed by atoms with Gasteiger partial charge in [0, 0.05) is 29.1 Å². The number of carbonyl (C=O) groups is 2. The second-order valence-electron chi connectivity index (χ2n) is 10.9. The van der Waals surface area contributed by atoms with Gasteiger partial charge in [-0.3, -0.25) is 13.9 Å². The average Bonchev–Trinajstić information content (AvgIpc) is 3.03. The first-order chi connectivity index (χ1) is 21.5. The van der Waals surface area contributed by atoms with Crippen molar-refractivity contribution in [3.63, 3.8) is 0 Å². The van der Waals surface area contributed by atoms with Crippen LogP contribution in [-0.4, -0.2) is 43.8 Å². The number of anilines is 1. The van der Waals surface area contributed by atoms with E-state index in [-0.39, 0.29) is 29.8 Å². The molecule has 0 fully saturated rings. The molecule has 0 saturated heterocycles. The van der Waals surface area contributed by atoms with Gasteiger partial charge in [-0.25, -0.2) is 8.42 Å². The van der Waals surface area contributed by atoms with Gasteiger partial charge >= 0.3 is 0 Å². The van der Waals surface area contributed by atoms with Crippen molar-refractivity contribution in [2.24, 2.45) is 0 Å². The van der Waals surface area contributed by atoms with Crippen LogP contribution in [0.3, 0.4) is 0 Å². The normalized spacial score (nSPS) is 12.6. The average molecular weight is 667 g/mol. The summed E-state index contributed by atoms with van der Waals surface area (Å²) in [4.78, 5) is 30.0. The van der Waals surface area contributed by atoms with Crippen molar-refractivity contribution in [2.45, 2.75) is 57.1 Å². The second-order valence-corrected chi connectivity index (χ2v) is 13.6. The minimum absolute atomic E-state index is 0.0451. The highest BCUT2D eigenvalue weighted by atomic mass is 35.5. The zero-order valence-corrected chi connectivity index (χ0v) is 27.8. The predicted octanol–water partition coefficient (Wildman–Crippen LogP) is 7.05. The molecule has 0 aliphatic carbocycles. The largest absolute Gasteiger partial charge is 0.352 e. The second kappa shape index (κ2) is 15.4. The molecule has 0 spiro atoms. The molecule has 236 valence electrons. The SMILES string of the molecule is CC[C@H](C)NC(=O)[C@H](Cc1ccccc1)N(Cc1ccc(Cl)cc1Cl)C(=O)CN(c1ccccc1C)S(=O)(=O)c1ccccc1. The highest BCUT2D eigenvalue weighted by Crippen LogP contribution is 2.29. The number of carbonyl (C=O) groups excluding carboxylic acids is 2. The third-order valence-electron chi connectivity index (χ3n) is 7.62. The van der Waals surface area contributed by atoms with E-state index in [1.54, 1.807) is 67.6 Å². The molecule has 4 rings (SSSR count). The van der Waals surface area contributed by atoms with Crippen LogP contribution in [0.5, 0.6) is 0 Å². The minimum atomic E-state index is -4.18. The number of sulfonamides is 1. The Morgan fingerprint density at radius 2 is 1.49 bits per heavy atom. The molecule has 7 nitrogen and oxygen atoms in total. The molecule has 2 atom stereocenters. The molecule has 0 radical (unpaired) electrons. The molecule has 4 aromatic carbocycles. The van der Waals surface area contributed by atoms with Gasteiger partial charge in [0.1, 0.15) is 12.6 Å². The van der Waals surface area contributed by atoms with E-state index in [0.29, 0.717) is 33.3 Å². The highest BCUT2D eigenvalue weighted by molar-refractivity contribution is 7.92. The molecule has 0 heterocycles. The lowest BCUT2D eigenvalue weighted by Gasteiger charge is -2.34. The van der Waals surface area contributed by atoms with E-state index in [9.17, 15) is 18.0 Å². The van der Waals surface area contributed by atoms with E-state index in [2.05, 4.69) is 5.32 Å². The maximum Gasteiger partial charge on any atom is 0.264 e. The van der Waals surface area contributed by atoms with Crippen molar-refractivity contribution in [3.05, 3.63) is 130 Å². The van der Waals surface area contributed by atoms with Crippen molar-refractivity contribution in [1.82, 2.24) is 10.2 Å². The van der Waals surface area contributed by atoms with Crippen LogP contribution < -0.4 is 9.62 Å². The van der Waals surface area contributed by atoms with Gasteiger partial charge in [0.15, 0.2) is 0 Å². The lowest BCUT2D eigenvalue weighted by molar-refractivity contribution is -0.140. The molecule has 0 bridgehead atoms. The summed E-state index contributed by atoms with van der Waals surface area (Å²) in [5.41, 5.74) is 2.45. The van der Waals surface area contributed by atoms with Crippen LogP contribution in [0, 0.1) is 6.92 Å². The number of aryl methyl sites for hydroxylation is 1. The maximum atomic E-state index is 14.6. The van der Waals surface area contributed by atoms with Gasteiger partial charge in [-0.2, -0.15) is 0 Å². The maximum absolute atomic E-state index is 14.6. The first kappa shape index (κ1) is 34.0. The summed E-state index contributed by atoms with van der Waals surface area (Å²) in [6.07, 6.45) is 0.896. The van der Waals surface area contributed by atoms with Crippen LogP contribution in [0.15, 0.2) is 108 Å². The van der Waals surface area contributed by atoms with Gasteiger partial charge in [0.2, 0.25) is 11.8 Å². The molecular formula is C35H37Cl2N3O4S. The number of nitrogens with zero attached hydrogens (tertiary/aromatic N) is 2. The topological polar surface area (TPSA) is 86.8 Å². The Balaban J connectivity index is 1.83. The van der Waals surface area contributed by atoms with Gasteiger partial charge in [-0.05, 0) is 67.3 Å². The Morgan fingerprint density at radius 3 is 2.11 bits per heavy atom. The van der Waals surface area contributed by atoms with Crippen molar-refractivity contribution in [1.29, 1.82) is 0 Å². The number of halogens is 2. The highest BCUT2D eigenvalue weighted by Gasteiger charge is 2.35.